The van der Waals surface area contributed by atoms with Crippen LogP contribution in [0.2, 0.25) is 0 Å². The quantitative estimate of drug-likeness (QED) is 0.279. The van der Waals surface area contributed by atoms with Gasteiger partial charge >= 0.3 is 6.16 Å². The van der Waals surface area contributed by atoms with Crippen LogP contribution in [0.4, 0.5) is 13.6 Å². The molecule has 0 unspecified atom stereocenters. The van der Waals surface area contributed by atoms with Crippen molar-refractivity contribution in [3.05, 3.63) is 59.7 Å². The second-order valence-electron chi connectivity index (χ2n) is 10.1. The summed E-state index contributed by atoms with van der Waals surface area (Å²) in [4.78, 5) is 11.9. The maximum absolute atomic E-state index is 14.6. The van der Waals surface area contributed by atoms with E-state index in [1.807, 2.05) is 18.2 Å². The zero-order valence-electron chi connectivity index (χ0n) is 20.5. The van der Waals surface area contributed by atoms with Crippen LogP contribution in [0, 0.1) is 35.3 Å². The molecule has 0 atom stereocenters. The lowest BCUT2D eigenvalue weighted by Gasteiger charge is -2.37. The van der Waals surface area contributed by atoms with E-state index in [1.165, 1.54) is 57.1 Å². The molecule has 0 radical (unpaired) electrons. The highest BCUT2D eigenvalue weighted by Crippen LogP contribution is 2.42. The molecule has 0 saturated heterocycles. The molecule has 4 nitrogen and oxygen atoms in total. The number of halogens is 2. The van der Waals surface area contributed by atoms with Crippen LogP contribution in [0.3, 0.4) is 0 Å². The molecule has 2 aliphatic rings. The predicted molar refractivity (Wildman–Crippen MR) is 130 cm³/mol. The van der Waals surface area contributed by atoms with Gasteiger partial charge in [0.15, 0.2) is 11.5 Å². The van der Waals surface area contributed by atoms with Crippen molar-refractivity contribution in [2.24, 2.45) is 23.7 Å². The molecule has 6 heteroatoms. The van der Waals surface area contributed by atoms with Gasteiger partial charge in [0.1, 0.15) is 6.61 Å². The average molecular weight is 487 g/mol. The number of carbonyl (C=O) groups excluding carboxylic acids is 1. The Balaban J connectivity index is 1.21. The molecule has 0 aliphatic heterocycles. The lowest BCUT2D eigenvalue weighted by atomic mass is 9.69. The van der Waals surface area contributed by atoms with Gasteiger partial charge in [-0.2, -0.15) is 8.78 Å². The van der Waals surface area contributed by atoms with Gasteiger partial charge in [0.2, 0.25) is 11.6 Å². The van der Waals surface area contributed by atoms with E-state index in [-0.39, 0.29) is 12.4 Å². The van der Waals surface area contributed by atoms with E-state index >= 15 is 0 Å². The molecule has 0 spiro atoms. The number of benzene rings is 2. The van der Waals surface area contributed by atoms with Crippen molar-refractivity contribution in [3.8, 4) is 11.5 Å². The van der Waals surface area contributed by atoms with Gasteiger partial charge in [-0.15, -0.1) is 0 Å². The minimum absolute atomic E-state index is 0.0206. The minimum atomic E-state index is -1.26. The first kappa shape index (κ1) is 25.5. The Labute approximate surface area is 207 Å². The normalized spacial score (nSPS) is 24.5. The molecule has 4 rings (SSSR count). The molecule has 2 aromatic carbocycles. The summed E-state index contributed by atoms with van der Waals surface area (Å²) in [6.45, 7) is 2.64. The van der Waals surface area contributed by atoms with Crippen LogP contribution in [-0.4, -0.2) is 12.8 Å². The van der Waals surface area contributed by atoms with Crippen LogP contribution in [0.5, 0.6) is 11.5 Å². The first-order chi connectivity index (χ1) is 17.0. The first-order valence-corrected chi connectivity index (χ1v) is 13.0. The van der Waals surface area contributed by atoms with Crippen LogP contribution in [0.1, 0.15) is 70.3 Å². The summed E-state index contributed by atoms with van der Waals surface area (Å²) in [5.41, 5.74) is 0.762. The number of hydrogen-bond acceptors (Lipinski definition) is 4. The third-order valence-corrected chi connectivity index (χ3v) is 7.91. The molecule has 35 heavy (non-hydrogen) atoms. The molecule has 2 fully saturated rings. The molecule has 0 heterocycles. The third kappa shape index (κ3) is 6.96. The molecule has 190 valence electrons. The van der Waals surface area contributed by atoms with Crippen molar-refractivity contribution in [1.29, 1.82) is 0 Å². The zero-order valence-corrected chi connectivity index (χ0v) is 20.5. The number of ether oxygens (including phenoxy) is 3. The van der Waals surface area contributed by atoms with E-state index in [1.54, 1.807) is 12.1 Å². The van der Waals surface area contributed by atoms with Gasteiger partial charge in [-0.25, -0.2) is 4.79 Å². The van der Waals surface area contributed by atoms with Crippen molar-refractivity contribution in [2.45, 2.75) is 71.3 Å². The molecule has 0 bridgehead atoms. The van der Waals surface area contributed by atoms with Crippen LogP contribution < -0.4 is 9.47 Å². The summed E-state index contributed by atoms with van der Waals surface area (Å²) in [6, 6.07) is 11.5. The Bertz CT molecular complexity index is 949. The molecule has 0 amide bonds. The van der Waals surface area contributed by atoms with E-state index in [2.05, 4.69) is 6.92 Å². The van der Waals surface area contributed by atoms with Crippen LogP contribution in [0.15, 0.2) is 42.5 Å². The monoisotopic (exact) mass is 486 g/mol. The Kier molecular flexibility index (Phi) is 9.00. The molecular weight excluding hydrogens is 450 g/mol. The summed E-state index contributed by atoms with van der Waals surface area (Å²) >= 11 is 0. The van der Waals surface area contributed by atoms with Gasteiger partial charge in [-0.05, 0) is 79.9 Å². The highest BCUT2D eigenvalue weighted by molar-refractivity contribution is 5.64. The third-order valence-electron chi connectivity index (χ3n) is 7.91. The highest BCUT2D eigenvalue weighted by atomic mass is 19.2. The molecule has 2 aromatic rings. The number of hydrogen-bond donors (Lipinski definition) is 0. The fourth-order valence-corrected chi connectivity index (χ4v) is 5.64. The van der Waals surface area contributed by atoms with Gasteiger partial charge in [-0.1, -0.05) is 56.5 Å². The van der Waals surface area contributed by atoms with Gasteiger partial charge in [0.05, 0.1) is 6.61 Å². The van der Waals surface area contributed by atoms with E-state index < -0.39 is 23.5 Å². The average Bonchev–Trinajstić information content (AvgIpc) is 2.91. The topological polar surface area (TPSA) is 44.8 Å². The second kappa shape index (κ2) is 12.4. The Morgan fingerprint density at radius 1 is 0.800 bits per heavy atom. The van der Waals surface area contributed by atoms with Gasteiger partial charge in [-0.3, -0.25) is 0 Å². The van der Waals surface area contributed by atoms with E-state index in [9.17, 15) is 13.6 Å². The molecular formula is C29H36F2O4. The second-order valence-corrected chi connectivity index (χ2v) is 10.1. The number of carbonyl (C=O) groups is 1. The summed E-state index contributed by atoms with van der Waals surface area (Å²) in [6.07, 6.45) is 10.2. The van der Waals surface area contributed by atoms with Crippen molar-refractivity contribution in [3.63, 3.8) is 0 Å². The highest BCUT2D eigenvalue weighted by Gasteiger charge is 2.31. The van der Waals surface area contributed by atoms with Gasteiger partial charge < -0.3 is 14.2 Å². The largest absolute Gasteiger partial charge is 0.514 e. The van der Waals surface area contributed by atoms with Crippen LogP contribution >= 0.6 is 0 Å². The van der Waals surface area contributed by atoms with Crippen molar-refractivity contribution >= 4 is 6.16 Å². The maximum atomic E-state index is 14.6. The standard InChI is InChI=1S/C29H36F2O4/c1-2-20-8-12-23(13-9-20)24-14-10-22(11-15-24)18-33-25-16-17-26(28(31)27(25)30)35-29(32)34-19-21-6-4-3-5-7-21/h3-7,16-17,20,22-24H,2,8-15,18-19H2,1H3. The van der Waals surface area contributed by atoms with Gasteiger partial charge in [0, 0.05) is 0 Å². The molecule has 0 aromatic heterocycles. The van der Waals surface area contributed by atoms with Crippen molar-refractivity contribution in [2.75, 3.05) is 6.61 Å². The van der Waals surface area contributed by atoms with E-state index in [0.29, 0.717) is 12.5 Å². The van der Waals surface area contributed by atoms with Crippen LogP contribution in [0.25, 0.3) is 0 Å². The first-order valence-electron chi connectivity index (χ1n) is 13.0. The van der Waals surface area contributed by atoms with Crippen molar-refractivity contribution in [1.82, 2.24) is 0 Å². The fraction of sp³-hybridized carbons (Fsp3) is 0.552. The zero-order chi connectivity index (χ0) is 24.6. The lowest BCUT2D eigenvalue weighted by molar-refractivity contribution is 0.0908. The summed E-state index contributed by atoms with van der Waals surface area (Å²) < 4.78 is 44.5. The van der Waals surface area contributed by atoms with Crippen LogP contribution in [-0.2, 0) is 11.3 Å². The summed E-state index contributed by atoms with van der Waals surface area (Å²) in [5.74, 6) is -0.161. The molecule has 0 N–H and O–H groups in total. The maximum Gasteiger partial charge on any atom is 0.514 e. The van der Waals surface area contributed by atoms with E-state index in [4.69, 9.17) is 14.2 Å². The Morgan fingerprint density at radius 3 is 2.00 bits per heavy atom. The minimum Gasteiger partial charge on any atom is -0.490 e. The summed E-state index contributed by atoms with van der Waals surface area (Å²) in [7, 11) is 0. The molecule has 2 saturated carbocycles. The fourth-order valence-electron chi connectivity index (χ4n) is 5.64. The Hall–Kier alpha value is -2.63. The van der Waals surface area contributed by atoms with E-state index in [0.717, 1.165) is 36.2 Å². The Morgan fingerprint density at radius 2 is 1.37 bits per heavy atom. The smallest absolute Gasteiger partial charge is 0.490 e. The van der Waals surface area contributed by atoms with Gasteiger partial charge in [0.25, 0.3) is 0 Å². The molecule has 2 aliphatic carbocycles. The predicted octanol–water partition coefficient (Wildman–Crippen LogP) is 8.08. The van der Waals surface area contributed by atoms with Crippen molar-refractivity contribution < 1.29 is 27.8 Å². The lowest BCUT2D eigenvalue weighted by Crippen LogP contribution is -2.27. The number of rotatable bonds is 8. The summed E-state index contributed by atoms with van der Waals surface area (Å²) in [5, 5.41) is 0. The SMILES string of the molecule is CCC1CCC(C2CCC(COc3ccc(OC(=O)OCc4ccccc4)c(F)c3F)CC2)CC1.